The van der Waals surface area contributed by atoms with Crippen LogP contribution in [0.3, 0.4) is 0 Å². The molecule has 7 nitrogen and oxygen atoms in total. The fraction of sp³-hybridized carbons (Fsp3) is 0.429. The third kappa shape index (κ3) is 2.24. The summed E-state index contributed by atoms with van der Waals surface area (Å²) in [6, 6.07) is 5.98. The number of nitrogens with zero attached hydrogens (tertiary/aromatic N) is 3. The van der Waals surface area contributed by atoms with Crippen LogP contribution < -0.4 is 0 Å². The summed E-state index contributed by atoms with van der Waals surface area (Å²) in [5.74, 6) is 0.191. The molecule has 0 radical (unpaired) electrons. The van der Waals surface area contributed by atoms with Crippen LogP contribution in [0.15, 0.2) is 29.4 Å². The molecular weight excluding hydrogens is 274 g/mol. The first-order valence-electron chi connectivity index (χ1n) is 6.85. The molecule has 1 aliphatic heterocycles. The highest BCUT2D eigenvalue weighted by Gasteiger charge is 2.49. The van der Waals surface area contributed by atoms with E-state index >= 15 is 0 Å². The van der Waals surface area contributed by atoms with E-state index in [1.807, 2.05) is 0 Å². The summed E-state index contributed by atoms with van der Waals surface area (Å²) >= 11 is 0. The van der Waals surface area contributed by atoms with Crippen molar-refractivity contribution in [3.63, 3.8) is 0 Å². The number of non-ortho nitro benzene ring substituents is 1. The van der Waals surface area contributed by atoms with Gasteiger partial charge < -0.3 is 4.74 Å². The van der Waals surface area contributed by atoms with E-state index in [1.165, 1.54) is 24.1 Å². The third-order valence-electron chi connectivity index (χ3n) is 3.87. The topological polar surface area (TPSA) is 85.0 Å². The first-order valence-corrected chi connectivity index (χ1v) is 6.85. The summed E-state index contributed by atoms with van der Waals surface area (Å²) in [6.07, 6.45) is 3.50. The molecule has 2 aliphatic rings. The van der Waals surface area contributed by atoms with Crippen LogP contribution in [0.1, 0.15) is 38.2 Å². The van der Waals surface area contributed by atoms with Crippen molar-refractivity contribution < 1.29 is 14.5 Å². The van der Waals surface area contributed by atoms with Crippen LogP contribution in [-0.4, -0.2) is 27.5 Å². The molecule has 7 heteroatoms. The third-order valence-corrected chi connectivity index (χ3v) is 3.87. The molecule has 1 spiro atoms. The van der Waals surface area contributed by atoms with Crippen molar-refractivity contribution in [2.45, 2.75) is 38.3 Å². The van der Waals surface area contributed by atoms with Gasteiger partial charge in [0.1, 0.15) is 0 Å². The zero-order valence-electron chi connectivity index (χ0n) is 11.6. The number of hydrazone groups is 1. The normalized spacial score (nSPS) is 19.5. The van der Waals surface area contributed by atoms with Crippen LogP contribution in [0.5, 0.6) is 0 Å². The average molecular weight is 289 g/mol. The predicted octanol–water partition coefficient (Wildman–Crippen LogP) is 2.41. The second-order valence-electron chi connectivity index (χ2n) is 5.30. The zero-order chi connectivity index (χ0) is 15.0. The molecule has 0 atom stereocenters. The molecule has 0 bridgehead atoms. The molecule has 110 valence electrons. The van der Waals surface area contributed by atoms with E-state index in [0.717, 1.165) is 25.7 Å². The maximum atomic E-state index is 11.8. The Bertz CT molecular complexity index is 618. The van der Waals surface area contributed by atoms with E-state index in [2.05, 4.69) is 5.10 Å². The van der Waals surface area contributed by atoms with Crippen molar-refractivity contribution in [2.75, 3.05) is 0 Å². The van der Waals surface area contributed by atoms with Gasteiger partial charge in [-0.3, -0.25) is 14.9 Å². The minimum Gasteiger partial charge on any atom is -0.447 e. The van der Waals surface area contributed by atoms with Crippen molar-refractivity contribution in [2.24, 2.45) is 5.10 Å². The van der Waals surface area contributed by atoms with E-state index in [9.17, 15) is 14.9 Å². The number of benzene rings is 1. The van der Waals surface area contributed by atoms with Gasteiger partial charge in [-0.15, -0.1) is 5.10 Å². The summed E-state index contributed by atoms with van der Waals surface area (Å²) < 4.78 is 5.96. The lowest BCUT2D eigenvalue weighted by atomic mass is 10.1. The number of rotatable bonds is 2. The Morgan fingerprint density at radius 3 is 2.48 bits per heavy atom. The summed E-state index contributed by atoms with van der Waals surface area (Å²) in [4.78, 5) is 22.0. The first kappa shape index (κ1) is 13.5. The number of amides is 1. The number of hydrogen-bond acceptors (Lipinski definition) is 5. The maximum absolute atomic E-state index is 11.8. The van der Waals surface area contributed by atoms with E-state index in [4.69, 9.17) is 4.74 Å². The Morgan fingerprint density at radius 2 is 1.95 bits per heavy atom. The lowest BCUT2D eigenvalue weighted by molar-refractivity contribution is -0.384. The van der Waals surface area contributed by atoms with Crippen LogP contribution in [0, 0.1) is 10.1 Å². The number of nitro benzene ring substituents is 1. The molecule has 1 aromatic carbocycles. The molecule has 0 N–H and O–H groups in total. The Kier molecular flexibility index (Phi) is 3.12. The molecule has 21 heavy (non-hydrogen) atoms. The van der Waals surface area contributed by atoms with Gasteiger partial charge in [-0.1, -0.05) is 0 Å². The predicted molar refractivity (Wildman–Crippen MR) is 74.4 cm³/mol. The van der Waals surface area contributed by atoms with Crippen LogP contribution in [0.4, 0.5) is 5.69 Å². The Hall–Kier alpha value is -2.44. The largest absolute Gasteiger partial charge is 0.447 e. The van der Waals surface area contributed by atoms with Crippen molar-refractivity contribution in [1.82, 2.24) is 5.01 Å². The molecule has 1 aliphatic carbocycles. The van der Waals surface area contributed by atoms with Gasteiger partial charge in [0, 0.05) is 37.5 Å². The number of carbonyl (C=O) groups excluding carboxylic acids is 1. The van der Waals surface area contributed by atoms with Crippen molar-refractivity contribution >= 4 is 17.5 Å². The first-order chi connectivity index (χ1) is 10.0. The van der Waals surface area contributed by atoms with E-state index in [1.54, 1.807) is 12.1 Å². The standard InChI is InChI=1S/C14H15N3O4/c1-10(18)16-14(8-2-3-9-14)21-13(15-16)11-4-6-12(7-5-11)17(19)20/h4-7H,2-3,8-9H2,1H3. The number of nitro groups is 1. The number of carbonyl (C=O) groups is 1. The van der Waals surface area contributed by atoms with Gasteiger partial charge >= 0.3 is 0 Å². The maximum Gasteiger partial charge on any atom is 0.269 e. The van der Waals surface area contributed by atoms with Crippen molar-refractivity contribution in [3.05, 3.63) is 39.9 Å². The van der Waals surface area contributed by atoms with Crippen LogP contribution in [-0.2, 0) is 9.53 Å². The lowest BCUT2D eigenvalue weighted by Gasteiger charge is -2.29. The van der Waals surface area contributed by atoms with Crippen molar-refractivity contribution in [1.29, 1.82) is 0 Å². The van der Waals surface area contributed by atoms with E-state index < -0.39 is 10.6 Å². The summed E-state index contributed by atoms with van der Waals surface area (Å²) in [6.45, 7) is 1.46. The molecule has 1 heterocycles. The van der Waals surface area contributed by atoms with Gasteiger partial charge in [0.15, 0.2) is 0 Å². The second-order valence-corrected chi connectivity index (χ2v) is 5.30. The van der Waals surface area contributed by atoms with Crippen LogP contribution in [0.25, 0.3) is 0 Å². The fourth-order valence-corrected chi connectivity index (χ4v) is 2.87. The SMILES string of the molecule is CC(=O)N1N=C(c2ccc([N+](=O)[O-])cc2)OC12CCCC2. The molecule has 1 aromatic rings. The smallest absolute Gasteiger partial charge is 0.269 e. The minimum atomic E-state index is -0.664. The highest BCUT2D eigenvalue weighted by atomic mass is 16.6. The van der Waals surface area contributed by atoms with Crippen molar-refractivity contribution in [3.8, 4) is 0 Å². The van der Waals surface area contributed by atoms with Gasteiger partial charge in [0.2, 0.25) is 17.5 Å². The molecule has 3 rings (SSSR count). The Balaban J connectivity index is 1.90. The van der Waals surface area contributed by atoms with Gasteiger partial charge in [-0.25, -0.2) is 0 Å². The lowest BCUT2D eigenvalue weighted by Crippen LogP contribution is -2.44. The quantitative estimate of drug-likeness (QED) is 0.618. The van der Waals surface area contributed by atoms with Gasteiger partial charge in [0.25, 0.3) is 5.69 Å². The zero-order valence-corrected chi connectivity index (χ0v) is 11.6. The Morgan fingerprint density at radius 1 is 1.33 bits per heavy atom. The number of ether oxygens (including phenoxy) is 1. The highest BCUT2D eigenvalue weighted by Crippen LogP contribution is 2.41. The molecule has 1 amide bonds. The summed E-state index contributed by atoms with van der Waals surface area (Å²) in [7, 11) is 0. The van der Waals surface area contributed by atoms with E-state index in [-0.39, 0.29) is 11.6 Å². The molecule has 1 fully saturated rings. The molecule has 0 saturated heterocycles. The molecular formula is C14H15N3O4. The summed E-state index contributed by atoms with van der Waals surface area (Å²) in [5, 5.41) is 16.4. The van der Waals surface area contributed by atoms with Crippen LogP contribution in [0.2, 0.25) is 0 Å². The van der Waals surface area contributed by atoms with Gasteiger partial charge in [-0.2, -0.15) is 5.01 Å². The van der Waals surface area contributed by atoms with Crippen LogP contribution >= 0.6 is 0 Å². The van der Waals surface area contributed by atoms with E-state index in [0.29, 0.717) is 11.5 Å². The molecule has 0 unspecified atom stereocenters. The molecule has 0 aromatic heterocycles. The number of hydrogen-bond donors (Lipinski definition) is 0. The Labute approximate surface area is 121 Å². The summed E-state index contributed by atoms with van der Waals surface area (Å²) in [5.41, 5.74) is -0.0184. The highest BCUT2D eigenvalue weighted by molar-refractivity contribution is 5.96. The monoisotopic (exact) mass is 289 g/mol. The fourth-order valence-electron chi connectivity index (χ4n) is 2.87. The molecule has 1 saturated carbocycles. The second kappa shape index (κ2) is 4.83. The van der Waals surface area contributed by atoms with Gasteiger partial charge in [0.05, 0.1) is 4.92 Å². The van der Waals surface area contributed by atoms with Gasteiger partial charge in [-0.05, 0) is 25.0 Å². The average Bonchev–Trinajstić information content (AvgIpc) is 3.07. The minimum absolute atomic E-state index is 0.0105.